The molecule has 0 aromatic rings. The van der Waals surface area contributed by atoms with E-state index in [0.717, 1.165) is 4.90 Å². The van der Waals surface area contributed by atoms with Gasteiger partial charge in [0.15, 0.2) is 0 Å². The van der Waals surface area contributed by atoms with E-state index in [2.05, 4.69) is 5.32 Å². The fourth-order valence-corrected chi connectivity index (χ4v) is 2.36. The van der Waals surface area contributed by atoms with Crippen molar-refractivity contribution in [2.24, 2.45) is 0 Å². The van der Waals surface area contributed by atoms with Crippen LogP contribution in [0.5, 0.6) is 0 Å². The van der Waals surface area contributed by atoms with Gasteiger partial charge in [0.2, 0.25) is 5.91 Å². The molecule has 0 aliphatic carbocycles. The first-order chi connectivity index (χ1) is 15.5. The first-order valence-electron chi connectivity index (χ1n) is 10.4. The Morgan fingerprint density at radius 2 is 1.16 bits per heavy atom. The number of nitrogens with zero attached hydrogens (tertiary/aromatic N) is 1. The molecule has 0 aromatic carbocycles. The Morgan fingerprint density at radius 1 is 0.719 bits per heavy atom. The van der Waals surface area contributed by atoms with Crippen LogP contribution < -0.4 is 5.32 Å². The number of rotatable bonds is 21. The van der Waals surface area contributed by atoms with Gasteiger partial charge >= 0.3 is 5.97 Å². The van der Waals surface area contributed by atoms with Crippen LogP contribution in [0.4, 0.5) is 0 Å². The Labute approximate surface area is 186 Å². The standard InChI is InChI=1S/C20H32N2O10/c23-17(3-6-22-18(24)1-2-19(22)25)21-5-8-29-10-12-31-14-16-32-15-13-30-11-9-28-7-4-20(26)27/h1-2H,3-16H2,(H,21,23)(H,26,27). The summed E-state index contributed by atoms with van der Waals surface area (Å²) in [5, 5.41) is 11.1. The number of ether oxygens (including phenoxy) is 5. The quantitative estimate of drug-likeness (QED) is 0.161. The molecule has 0 aromatic heterocycles. The summed E-state index contributed by atoms with van der Waals surface area (Å²) in [5.74, 6) is -1.95. The van der Waals surface area contributed by atoms with Gasteiger partial charge in [0.05, 0.1) is 72.5 Å². The van der Waals surface area contributed by atoms with Crippen molar-refractivity contribution in [1.29, 1.82) is 0 Å². The first kappa shape index (κ1) is 27.7. The van der Waals surface area contributed by atoms with Gasteiger partial charge in [-0.25, -0.2) is 0 Å². The summed E-state index contributed by atoms with van der Waals surface area (Å²) in [5.41, 5.74) is 0. The van der Waals surface area contributed by atoms with Gasteiger partial charge in [0, 0.05) is 31.7 Å². The monoisotopic (exact) mass is 460 g/mol. The lowest BCUT2D eigenvalue weighted by molar-refractivity contribution is -0.139. The number of carbonyl (C=O) groups is 4. The van der Waals surface area contributed by atoms with E-state index in [1.165, 1.54) is 12.2 Å². The van der Waals surface area contributed by atoms with Crippen LogP contribution in [0.2, 0.25) is 0 Å². The minimum atomic E-state index is -0.889. The Morgan fingerprint density at radius 3 is 1.62 bits per heavy atom. The minimum Gasteiger partial charge on any atom is -0.481 e. The molecule has 0 bridgehead atoms. The van der Waals surface area contributed by atoms with Crippen LogP contribution >= 0.6 is 0 Å². The van der Waals surface area contributed by atoms with E-state index < -0.39 is 17.8 Å². The molecule has 0 radical (unpaired) electrons. The van der Waals surface area contributed by atoms with Gasteiger partial charge in [0.25, 0.3) is 11.8 Å². The maximum atomic E-state index is 11.7. The lowest BCUT2D eigenvalue weighted by Crippen LogP contribution is -2.35. The zero-order chi connectivity index (χ0) is 23.4. The van der Waals surface area contributed by atoms with E-state index in [0.29, 0.717) is 66.0 Å². The molecule has 0 fully saturated rings. The molecule has 1 heterocycles. The molecule has 182 valence electrons. The number of aliphatic carboxylic acids is 1. The molecule has 0 saturated heterocycles. The van der Waals surface area contributed by atoms with E-state index in [1.807, 2.05) is 0 Å². The molecular weight excluding hydrogens is 428 g/mol. The van der Waals surface area contributed by atoms with Crippen LogP contribution in [-0.4, -0.2) is 113 Å². The van der Waals surface area contributed by atoms with Crippen molar-refractivity contribution in [2.75, 3.05) is 79.2 Å². The van der Waals surface area contributed by atoms with Crippen molar-refractivity contribution in [2.45, 2.75) is 12.8 Å². The highest BCUT2D eigenvalue weighted by molar-refractivity contribution is 6.13. The van der Waals surface area contributed by atoms with Gasteiger partial charge in [-0.1, -0.05) is 0 Å². The van der Waals surface area contributed by atoms with Crippen LogP contribution in [0.1, 0.15) is 12.8 Å². The third-order valence-electron chi connectivity index (χ3n) is 3.98. The number of carbonyl (C=O) groups excluding carboxylic acids is 3. The highest BCUT2D eigenvalue weighted by Gasteiger charge is 2.23. The number of carboxylic acid groups (broad SMARTS) is 1. The molecule has 12 nitrogen and oxygen atoms in total. The molecular formula is C20H32N2O10. The largest absolute Gasteiger partial charge is 0.481 e. The molecule has 1 rings (SSSR count). The lowest BCUT2D eigenvalue weighted by Gasteiger charge is -2.13. The Kier molecular flexibility index (Phi) is 15.7. The van der Waals surface area contributed by atoms with Gasteiger partial charge in [-0.3, -0.25) is 24.1 Å². The number of hydrogen-bond donors (Lipinski definition) is 2. The highest BCUT2D eigenvalue weighted by Crippen LogP contribution is 2.03. The Bertz CT molecular complexity index is 593. The van der Waals surface area contributed by atoms with Crippen LogP contribution in [-0.2, 0) is 42.9 Å². The third kappa shape index (κ3) is 14.6. The highest BCUT2D eigenvalue weighted by atomic mass is 16.6. The molecule has 32 heavy (non-hydrogen) atoms. The average Bonchev–Trinajstić information content (AvgIpc) is 3.08. The second-order valence-electron chi connectivity index (χ2n) is 6.47. The number of amides is 3. The summed E-state index contributed by atoms with van der Waals surface area (Å²) in [6, 6.07) is 0. The summed E-state index contributed by atoms with van der Waals surface area (Å²) in [4.78, 5) is 45.7. The smallest absolute Gasteiger partial charge is 0.305 e. The van der Waals surface area contributed by atoms with E-state index in [-0.39, 0.29) is 31.9 Å². The summed E-state index contributed by atoms with van der Waals surface area (Å²) in [6.07, 6.45) is 2.40. The maximum Gasteiger partial charge on any atom is 0.305 e. The van der Waals surface area contributed by atoms with Crippen molar-refractivity contribution in [3.8, 4) is 0 Å². The van der Waals surface area contributed by atoms with Crippen LogP contribution in [0.25, 0.3) is 0 Å². The molecule has 0 spiro atoms. The van der Waals surface area contributed by atoms with Crippen molar-refractivity contribution < 1.29 is 48.0 Å². The zero-order valence-corrected chi connectivity index (χ0v) is 18.1. The maximum absolute atomic E-state index is 11.7. The van der Waals surface area contributed by atoms with Gasteiger partial charge in [-0.2, -0.15) is 0 Å². The predicted octanol–water partition coefficient (Wildman–Crippen LogP) is -1.02. The number of nitrogens with one attached hydrogen (secondary N) is 1. The molecule has 0 saturated carbocycles. The number of imide groups is 1. The zero-order valence-electron chi connectivity index (χ0n) is 18.1. The van der Waals surface area contributed by atoms with E-state index in [1.54, 1.807) is 0 Å². The molecule has 2 N–H and O–H groups in total. The average molecular weight is 460 g/mol. The summed E-state index contributed by atoms with van der Waals surface area (Å²) in [6.45, 7) is 4.06. The van der Waals surface area contributed by atoms with E-state index in [9.17, 15) is 19.2 Å². The van der Waals surface area contributed by atoms with Crippen molar-refractivity contribution >= 4 is 23.7 Å². The molecule has 1 aliphatic rings. The van der Waals surface area contributed by atoms with E-state index >= 15 is 0 Å². The SMILES string of the molecule is O=C(O)CCOCCOCCOCCOCCOCCNC(=O)CCN1C(=O)C=CC1=O. The van der Waals surface area contributed by atoms with Crippen molar-refractivity contribution in [3.63, 3.8) is 0 Å². The fourth-order valence-electron chi connectivity index (χ4n) is 2.36. The summed E-state index contributed by atoms with van der Waals surface area (Å²) in [7, 11) is 0. The third-order valence-corrected chi connectivity index (χ3v) is 3.98. The first-order valence-corrected chi connectivity index (χ1v) is 10.4. The second kappa shape index (κ2) is 18.2. The topological polar surface area (TPSA) is 150 Å². The Balaban J connectivity index is 1.75. The number of carboxylic acids is 1. The molecule has 3 amide bonds. The van der Waals surface area contributed by atoms with Gasteiger partial charge in [-0.15, -0.1) is 0 Å². The fraction of sp³-hybridized carbons (Fsp3) is 0.700. The minimum absolute atomic E-state index is 0.0178. The molecule has 0 unspecified atom stereocenters. The lowest BCUT2D eigenvalue weighted by atomic mass is 10.3. The molecule has 1 aliphatic heterocycles. The summed E-state index contributed by atoms with van der Waals surface area (Å²) >= 11 is 0. The van der Waals surface area contributed by atoms with Gasteiger partial charge in [-0.05, 0) is 0 Å². The van der Waals surface area contributed by atoms with E-state index in [4.69, 9.17) is 28.8 Å². The normalized spacial score (nSPS) is 13.2. The van der Waals surface area contributed by atoms with Crippen molar-refractivity contribution in [3.05, 3.63) is 12.2 Å². The summed E-state index contributed by atoms with van der Waals surface area (Å²) < 4.78 is 26.4. The van der Waals surface area contributed by atoms with Crippen molar-refractivity contribution in [1.82, 2.24) is 10.2 Å². The van der Waals surface area contributed by atoms with Crippen LogP contribution in [0.15, 0.2) is 12.2 Å². The Hall–Kier alpha value is -2.38. The van der Waals surface area contributed by atoms with Crippen LogP contribution in [0.3, 0.4) is 0 Å². The predicted molar refractivity (Wildman–Crippen MR) is 110 cm³/mol. The van der Waals surface area contributed by atoms with Crippen LogP contribution in [0, 0.1) is 0 Å². The number of hydrogen-bond acceptors (Lipinski definition) is 9. The van der Waals surface area contributed by atoms with Gasteiger partial charge in [0.1, 0.15) is 0 Å². The molecule has 12 heteroatoms. The van der Waals surface area contributed by atoms with Gasteiger partial charge < -0.3 is 34.1 Å². The molecule has 0 atom stereocenters. The second-order valence-corrected chi connectivity index (χ2v) is 6.47.